The number of H-pyrrole nitrogens is 1. The van der Waals surface area contributed by atoms with E-state index in [1.54, 1.807) is 12.1 Å². The average molecular weight is 226 g/mol. The maximum atomic E-state index is 11.4. The molecule has 0 atom stereocenters. The minimum Gasteiger partial charge on any atom is -0.468 e. The fraction of sp³-hybridized carbons (Fsp3) is 0.222. The van der Waals surface area contributed by atoms with E-state index in [0.29, 0.717) is 17.0 Å². The number of nitrogens with zero attached hydrogens (tertiary/aromatic N) is 1. The number of nitrogens with one attached hydrogen (secondary N) is 1. The van der Waals surface area contributed by atoms with Crippen LogP contribution in [0.1, 0.15) is 0 Å². The van der Waals surface area contributed by atoms with Gasteiger partial charge < -0.3 is 9.72 Å². The molecule has 80 valence electrons. The number of rotatable bonds is 2. The summed E-state index contributed by atoms with van der Waals surface area (Å²) in [5.41, 5.74) is 1.06. The lowest BCUT2D eigenvalue weighted by Gasteiger charge is -1.97. The van der Waals surface area contributed by atoms with Crippen LogP contribution in [0.5, 0.6) is 6.01 Å². The van der Waals surface area contributed by atoms with Crippen molar-refractivity contribution in [3.8, 4) is 6.01 Å². The van der Waals surface area contributed by atoms with Crippen molar-refractivity contribution in [3.05, 3.63) is 18.2 Å². The van der Waals surface area contributed by atoms with E-state index in [1.807, 2.05) is 0 Å². The summed E-state index contributed by atoms with van der Waals surface area (Å²) < 4.78 is 27.8. The third-order valence-electron chi connectivity index (χ3n) is 2.05. The van der Waals surface area contributed by atoms with Crippen LogP contribution in [0.3, 0.4) is 0 Å². The Bertz CT molecular complexity index is 601. The van der Waals surface area contributed by atoms with Crippen LogP contribution >= 0.6 is 0 Å². The van der Waals surface area contributed by atoms with Gasteiger partial charge in [0.15, 0.2) is 9.84 Å². The number of ether oxygens (including phenoxy) is 1. The Morgan fingerprint density at radius 1 is 1.40 bits per heavy atom. The highest BCUT2D eigenvalue weighted by atomic mass is 32.2. The van der Waals surface area contributed by atoms with Crippen molar-refractivity contribution < 1.29 is 13.2 Å². The van der Waals surface area contributed by atoms with Gasteiger partial charge in [-0.2, -0.15) is 4.98 Å². The van der Waals surface area contributed by atoms with Gasteiger partial charge in [0.1, 0.15) is 5.52 Å². The topological polar surface area (TPSA) is 72.0 Å². The number of para-hydroxylation sites is 1. The largest absolute Gasteiger partial charge is 0.468 e. The van der Waals surface area contributed by atoms with E-state index in [0.717, 1.165) is 6.26 Å². The molecule has 0 spiro atoms. The van der Waals surface area contributed by atoms with Crippen LogP contribution in [0.25, 0.3) is 11.0 Å². The predicted octanol–water partition coefficient (Wildman–Crippen LogP) is 0.975. The fourth-order valence-corrected chi connectivity index (χ4v) is 2.21. The molecule has 6 heteroatoms. The van der Waals surface area contributed by atoms with Crippen molar-refractivity contribution in [3.63, 3.8) is 0 Å². The molecule has 2 aromatic rings. The van der Waals surface area contributed by atoms with E-state index in [-0.39, 0.29) is 4.90 Å². The van der Waals surface area contributed by atoms with Gasteiger partial charge in [0, 0.05) is 6.26 Å². The number of benzene rings is 1. The number of aromatic amines is 1. The molecule has 0 saturated heterocycles. The van der Waals surface area contributed by atoms with Crippen molar-refractivity contribution >= 4 is 20.9 Å². The first-order chi connectivity index (χ1) is 7.02. The molecule has 0 unspecified atom stereocenters. The first-order valence-electron chi connectivity index (χ1n) is 4.25. The first-order valence-corrected chi connectivity index (χ1v) is 6.14. The second kappa shape index (κ2) is 3.23. The highest BCUT2D eigenvalue weighted by Gasteiger charge is 2.14. The van der Waals surface area contributed by atoms with Crippen LogP contribution in [0.15, 0.2) is 23.1 Å². The lowest BCUT2D eigenvalue weighted by atomic mass is 10.3. The summed E-state index contributed by atoms with van der Waals surface area (Å²) >= 11 is 0. The van der Waals surface area contributed by atoms with Crippen LogP contribution < -0.4 is 4.74 Å². The van der Waals surface area contributed by atoms with Crippen LogP contribution in [-0.4, -0.2) is 31.8 Å². The lowest BCUT2D eigenvalue weighted by molar-refractivity contribution is 0.386. The molecule has 1 aromatic heterocycles. The monoisotopic (exact) mass is 226 g/mol. The molecular weight excluding hydrogens is 216 g/mol. The molecule has 5 nitrogen and oxygen atoms in total. The minimum absolute atomic E-state index is 0.208. The molecule has 1 N–H and O–H groups in total. The number of hydrogen-bond acceptors (Lipinski definition) is 4. The molecule has 2 rings (SSSR count). The third kappa shape index (κ3) is 1.68. The zero-order valence-electron chi connectivity index (χ0n) is 8.31. The zero-order chi connectivity index (χ0) is 11.1. The molecule has 1 aromatic carbocycles. The number of imidazole rings is 1. The van der Waals surface area contributed by atoms with Gasteiger partial charge in [-0.1, -0.05) is 6.07 Å². The highest BCUT2D eigenvalue weighted by Crippen LogP contribution is 2.22. The van der Waals surface area contributed by atoms with Crippen molar-refractivity contribution in [2.24, 2.45) is 0 Å². The molecule has 0 radical (unpaired) electrons. The molecule has 0 aliphatic rings. The lowest BCUT2D eigenvalue weighted by Crippen LogP contribution is -1.97. The van der Waals surface area contributed by atoms with Crippen LogP contribution in [0.4, 0.5) is 0 Å². The maximum Gasteiger partial charge on any atom is 0.294 e. The molecule has 0 fully saturated rings. The number of aromatic nitrogens is 2. The van der Waals surface area contributed by atoms with Gasteiger partial charge in [-0.05, 0) is 12.1 Å². The van der Waals surface area contributed by atoms with E-state index in [4.69, 9.17) is 4.74 Å². The fourth-order valence-electron chi connectivity index (χ4n) is 1.38. The number of hydrogen-bond donors (Lipinski definition) is 1. The summed E-state index contributed by atoms with van der Waals surface area (Å²) in [6.07, 6.45) is 1.16. The Hall–Kier alpha value is -1.56. The van der Waals surface area contributed by atoms with Gasteiger partial charge >= 0.3 is 0 Å². The third-order valence-corrected chi connectivity index (χ3v) is 3.18. The predicted molar refractivity (Wildman–Crippen MR) is 55.8 cm³/mol. The van der Waals surface area contributed by atoms with Gasteiger partial charge in [-0.3, -0.25) is 0 Å². The summed E-state index contributed by atoms with van der Waals surface area (Å²) in [6.45, 7) is 0. The average Bonchev–Trinajstić information content (AvgIpc) is 2.57. The van der Waals surface area contributed by atoms with Gasteiger partial charge in [0.2, 0.25) is 0 Å². The van der Waals surface area contributed by atoms with E-state index < -0.39 is 9.84 Å². The van der Waals surface area contributed by atoms with E-state index >= 15 is 0 Å². The summed E-state index contributed by atoms with van der Waals surface area (Å²) in [6, 6.07) is 5.24. The summed E-state index contributed by atoms with van der Waals surface area (Å²) in [5, 5.41) is 0. The van der Waals surface area contributed by atoms with Gasteiger partial charge in [0.05, 0.1) is 17.5 Å². The smallest absolute Gasteiger partial charge is 0.294 e. The molecule has 0 bridgehead atoms. The van der Waals surface area contributed by atoms with E-state index in [9.17, 15) is 8.42 Å². The number of fused-ring (bicyclic) bond motifs is 1. The SMILES string of the molecule is COc1nc2c(S(C)(=O)=O)cccc2[nH]1. The summed E-state index contributed by atoms with van der Waals surface area (Å²) in [5.74, 6) is 0. The van der Waals surface area contributed by atoms with Gasteiger partial charge in [0.25, 0.3) is 6.01 Å². The second-order valence-corrected chi connectivity index (χ2v) is 5.15. The van der Waals surface area contributed by atoms with Crippen LogP contribution in [0, 0.1) is 0 Å². The van der Waals surface area contributed by atoms with Crippen molar-refractivity contribution in [1.29, 1.82) is 0 Å². The molecular formula is C9H10N2O3S. The first kappa shape index (κ1) is 9.97. The Morgan fingerprint density at radius 2 is 2.13 bits per heavy atom. The molecule has 1 heterocycles. The van der Waals surface area contributed by atoms with Gasteiger partial charge in [-0.15, -0.1) is 0 Å². The molecule has 0 aliphatic carbocycles. The summed E-state index contributed by atoms with van der Waals surface area (Å²) in [4.78, 5) is 7.11. The van der Waals surface area contributed by atoms with Crippen LogP contribution in [-0.2, 0) is 9.84 Å². The Balaban J connectivity index is 2.81. The zero-order valence-corrected chi connectivity index (χ0v) is 9.13. The van der Waals surface area contributed by atoms with Crippen molar-refractivity contribution in [2.75, 3.05) is 13.4 Å². The molecule has 0 amide bonds. The van der Waals surface area contributed by atoms with E-state index in [1.165, 1.54) is 13.2 Å². The maximum absolute atomic E-state index is 11.4. The number of sulfone groups is 1. The highest BCUT2D eigenvalue weighted by molar-refractivity contribution is 7.91. The molecule has 15 heavy (non-hydrogen) atoms. The second-order valence-electron chi connectivity index (χ2n) is 3.17. The van der Waals surface area contributed by atoms with Gasteiger partial charge in [-0.25, -0.2) is 8.42 Å². The van der Waals surface area contributed by atoms with Crippen LogP contribution in [0.2, 0.25) is 0 Å². The van der Waals surface area contributed by atoms with Crippen molar-refractivity contribution in [2.45, 2.75) is 4.90 Å². The number of methoxy groups -OCH3 is 1. The van der Waals surface area contributed by atoms with Crippen molar-refractivity contribution in [1.82, 2.24) is 9.97 Å². The molecule has 0 aliphatic heterocycles. The Labute approximate surface area is 87.0 Å². The Kier molecular flexibility index (Phi) is 2.15. The normalized spacial score (nSPS) is 11.9. The van der Waals surface area contributed by atoms with E-state index in [2.05, 4.69) is 9.97 Å². The standard InChI is InChI=1S/C9H10N2O3S/c1-14-9-10-6-4-3-5-7(8(6)11-9)15(2,12)13/h3-5H,1-2H3,(H,10,11). The quantitative estimate of drug-likeness (QED) is 0.828. The molecule has 0 saturated carbocycles. The Morgan fingerprint density at radius 3 is 2.73 bits per heavy atom. The summed E-state index contributed by atoms with van der Waals surface area (Å²) in [7, 11) is -1.79. The minimum atomic E-state index is -3.26.